The number of carbonyl (C=O) groups excluding carboxylic acids is 1. The van der Waals surface area contributed by atoms with Crippen molar-refractivity contribution in [2.24, 2.45) is 28.8 Å². The minimum atomic E-state index is -1.65. The Hall–Kier alpha value is -1.52. The molecule has 2 aliphatic heterocycles. The van der Waals surface area contributed by atoms with Crippen molar-refractivity contribution < 1.29 is 34.1 Å². The molecule has 2 fully saturated rings. The minimum Gasteiger partial charge on any atom is -0.492 e. The second-order valence-corrected chi connectivity index (χ2v) is 11.4. The van der Waals surface area contributed by atoms with E-state index in [-0.39, 0.29) is 23.6 Å². The summed E-state index contributed by atoms with van der Waals surface area (Å²) in [7, 11) is 3.19. The van der Waals surface area contributed by atoms with Crippen LogP contribution in [0.15, 0.2) is 17.5 Å². The van der Waals surface area contributed by atoms with Crippen LogP contribution in [0.4, 0.5) is 0 Å². The Balaban J connectivity index is 2.61. The van der Waals surface area contributed by atoms with E-state index in [1.165, 1.54) is 0 Å². The third kappa shape index (κ3) is 6.92. The summed E-state index contributed by atoms with van der Waals surface area (Å²) in [5, 5.41) is 30.9. The van der Waals surface area contributed by atoms with Gasteiger partial charge in [0.1, 0.15) is 23.6 Å². The quantitative estimate of drug-likeness (QED) is 0.468. The third-order valence-corrected chi connectivity index (χ3v) is 8.53. The fraction of sp³-hybridized carbons (Fsp3) is 0.857. The van der Waals surface area contributed by atoms with Crippen molar-refractivity contribution in [1.82, 2.24) is 5.32 Å². The summed E-state index contributed by atoms with van der Waals surface area (Å²) >= 11 is 0. The van der Waals surface area contributed by atoms with Gasteiger partial charge in [-0.2, -0.15) is 0 Å². The average Bonchev–Trinajstić information content (AvgIpc) is 3.38. The molecule has 2 aliphatic rings. The number of nitrogens with one attached hydrogen (secondary N) is 1. The topological polar surface area (TPSA) is 119 Å². The van der Waals surface area contributed by atoms with Crippen molar-refractivity contribution in [3.63, 3.8) is 0 Å². The van der Waals surface area contributed by atoms with Crippen LogP contribution in [0.5, 0.6) is 0 Å². The van der Waals surface area contributed by atoms with E-state index < -0.39 is 47.3 Å². The summed E-state index contributed by atoms with van der Waals surface area (Å²) in [6, 6.07) is 0. The van der Waals surface area contributed by atoms with Gasteiger partial charge in [-0.05, 0) is 40.2 Å². The first-order valence-electron chi connectivity index (χ1n) is 13.6. The minimum absolute atomic E-state index is 0.0626. The van der Waals surface area contributed by atoms with Gasteiger partial charge < -0.3 is 34.6 Å². The van der Waals surface area contributed by atoms with Crippen LogP contribution in [-0.2, 0) is 23.8 Å². The van der Waals surface area contributed by atoms with E-state index in [2.05, 4.69) is 17.1 Å². The number of aliphatic hydroxyl groups excluding tert-OH is 1. The highest BCUT2D eigenvalue weighted by Crippen LogP contribution is 2.37. The van der Waals surface area contributed by atoms with E-state index in [0.717, 1.165) is 13.0 Å². The predicted octanol–water partition coefficient (Wildman–Crippen LogP) is 3.08. The van der Waals surface area contributed by atoms with Crippen molar-refractivity contribution >= 4 is 11.5 Å². The van der Waals surface area contributed by atoms with E-state index in [4.69, 9.17) is 19.0 Å². The van der Waals surface area contributed by atoms with Crippen molar-refractivity contribution in [2.45, 2.75) is 103 Å². The van der Waals surface area contributed by atoms with Gasteiger partial charge >= 0.3 is 0 Å². The maximum atomic E-state index is 13.5. The lowest BCUT2D eigenvalue weighted by Crippen LogP contribution is -2.56. The molecule has 9 nitrogen and oxygen atoms in total. The third-order valence-electron chi connectivity index (χ3n) is 8.53. The van der Waals surface area contributed by atoms with E-state index in [1.807, 2.05) is 34.6 Å². The molecule has 214 valence electrons. The molecule has 0 aromatic carbocycles. The number of carbonyl (C=O) groups is 1. The van der Waals surface area contributed by atoms with Gasteiger partial charge in [-0.3, -0.25) is 4.79 Å². The second-order valence-electron chi connectivity index (χ2n) is 11.4. The Morgan fingerprint density at radius 3 is 2.35 bits per heavy atom. The van der Waals surface area contributed by atoms with E-state index in [9.17, 15) is 15.0 Å². The lowest BCUT2D eigenvalue weighted by molar-refractivity contribution is -0.162. The molecule has 0 saturated carbocycles. The van der Waals surface area contributed by atoms with E-state index in [0.29, 0.717) is 25.1 Å². The number of rotatable bonds is 5. The summed E-state index contributed by atoms with van der Waals surface area (Å²) in [5.41, 5.74) is -1.90. The number of nitrogens with zero attached hydrogens (tertiary/aromatic N) is 1. The summed E-state index contributed by atoms with van der Waals surface area (Å²) in [6.07, 6.45) is -0.938. The molecule has 3 unspecified atom stereocenters. The van der Waals surface area contributed by atoms with Gasteiger partial charge in [-0.1, -0.05) is 39.4 Å². The molecule has 10 atom stereocenters. The van der Waals surface area contributed by atoms with Crippen LogP contribution in [0, 0.1) is 23.7 Å². The molecule has 3 N–H and O–H groups in total. The van der Waals surface area contributed by atoms with E-state index >= 15 is 0 Å². The predicted molar refractivity (Wildman–Crippen MR) is 143 cm³/mol. The van der Waals surface area contributed by atoms with Gasteiger partial charge in [-0.25, -0.2) is 0 Å². The summed E-state index contributed by atoms with van der Waals surface area (Å²) in [6.45, 7) is 18.3. The molecule has 0 amide bonds. The van der Waals surface area contributed by atoms with Crippen molar-refractivity contribution in [3.05, 3.63) is 12.3 Å². The highest BCUT2D eigenvalue weighted by Gasteiger charge is 2.48. The Morgan fingerprint density at radius 1 is 1.19 bits per heavy atom. The van der Waals surface area contributed by atoms with Crippen LogP contribution < -0.4 is 5.32 Å². The standard InChI is InChI=1S/C28H50N2O7/c1-11-22-28(8,33)25(32)18(4)23(30-37-21-12-13-29-15-21)16(2)14-27(7,35-10)26(34-9)19(5)24(31)17(3)20(6)36-22/h16-19,21-22,25-26,29,32-33H,6,11-15H2,1-5,7-10H3/b30-23+/t16-,17?,18?,19+,21-,22-,25?,26-,27-,28-/m1/s1. The lowest BCUT2D eigenvalue weighted by atomic mass is 9.74. The van der Waals surface area contributed by atoms with Crippen molar-refractivity contribution in [3.8, 4) is 0 Å². The molecular weight excluding hydrogens is 476 g/mol. The zero-order chi connectivity index (χ0) is 28.1. The number of hydrogen-bond donors (Lipinski definition) is 3. The molecule has 0 radical (unpaired) electrons. The van der Waals surface area contributed by atoms with Crippen LogP contribution in [0.25, 0.3) is 0 Å². The first-order chi connectivity index (χ1) is 17.2. The molecule has 2 heterocycles. The van der Waals surface area contributed by atoms with Crippen LogP contribution in [0.3, 0.4) is 0 Å². The smallest absolute Gasteiger partial charge is 0.148 e. The van der Waals surface area contributed by atoms with E-state index in [1.54, 1.807) is 28.1 Å². The largest absolute Gasteiger partial charge is 0.492 e. The van der Waals surface area contributed by atoms with Crippen molar-refractivity contribution in [2.75, 3.05) is 27.3 Å². The number of methoxy groups -OCH3 is 2. The molecule has 0 aromatic heterocycles. The normalized spacial score (nSPS) is 43.9. The average molecular weight is 527 g/mol. The van der Waals surface area contributed by atoms with Gasteiger partial charge in [0.2, 0.25) is 0 Å². The number of oxime groups is 1. The number of aliphatic hydroxyl groups is 2. The number of Topliss-reactive ketones (excluding diaryl/α,β-unsaturated/α-hetero) is 1. The molecule has 0 spiro atoms. The zero-order valence-electron chi connectivity index (χ0n) is 24.2. The molecule has 0 aromatic rings. The number of hydrogen-bond acceptors (Lipinski definition) is 9. The van der Waals surface area contributed by atoms with Gasteiger partial charge in [0.05, 0.1) is 35.2 Å². The highest BCUT2D eigenvalue weighted by atomic mass is 16.6. The van der Waals surface area contributed by atoms with Crippen LogP contribution in [0.1, 0.15) is 67.7 Å². The first-order valence-corrected chi connectivity index (χ1v) is 13.6. The summed E-state index contributed by atoms with van der Waals surface area (Å²) < 4.78 is 18.0. The highest BCUT2D eigenvalue weighted by molar-refractivity contribution is 5.89. The fourth-order valence-corrected chi connectivity index (χ4v) is 5.95. The summed E-state index contributed by atoms with van der Waals surface area (Å²) in [5.74, 6) is -1.81. The van der Waals surface area contributed by atoms with Gasteiger partial charge in [0.25, 0.3) is 0 Å². The molecule has 37 heavy (non-hydrogen) atoms. The zero-order valence-corrected chi connectivity index (χ0v) is 24.2. The second kappa shape index (κ2) is 13.0. The molecule has 0 bridgehead atoms. The number of ether oxygens (including phenoxy) is 3. The van der Waals surface area contributed by atoms with Crippen LogP contribution in [-0.4, -0.2) is 84.6 Å². The number of allylic oxidation sites excluding steroid dienone is 1. The van der Waals surface area contributed by atoms with Gasteiger partial charge in [-0.15, -0.1) is 0 Å². The molecular formula is C28H50N2O7. The Kier molecular flexibility index (Phi) is 11.2. The van der Waals surface area contributed by atoms with Gasteiger partial charge in [0, 0.05) is 44.9 Å². The Bertz CT molecular complexity index is 810. The van der Waals surface area contributed by atoms with Gasteiger partial charge in [0.15, 0.2) is 0 Å². The molecule has 9 heteroatoms. The molecule has 0 aliphatic carbocycles. The molecule has 2 saturated heterocycles. The Morgan fingerprint density at radius 2 is 1.84 bits per heavy atom. The van der Waals surface area contributed by atoms with Crippen molar-refractivity contribution in [1.29, 1.82) is 0 Å². The first kappa shape index (κ1) is 31.7. The SMILES string of the molecule is C=C1O[C@H](CC)[C@@](C)(O)C(O)C(C)/C(=N/O[C@@H]2CCNC2)[C@H](C)C[C@@](C)(OC)[C@H](OC)[C@@H](C)C(=O)C1C. The summed E-state index contributed by atoms with van der Waals surface area (Å²) in [4.78, 5) is 19.4. The maximum Gasteiger partial charge on any atom is 0.148 e. The maximum absolute atomic E-state index is 13.5. The van der Waals surface area contributed by atoms with Crippen LogP contribution in [0.2, 0.25) is 0 Å². The molecule has 2 rings (SSSR count). The number of ketones is 1. The Labute approximate surface area is 222 Å². The van der Waals surface area contributed by atoms with Crippen LogP contribution >= 0.6 is 0 Å². The lowest BCUT2D eigenvalue weighted by Gasteiger charge is -2.43. The fourth-order valence-electron chi connectivity index (χ4n) is 5.95. The monoisotopic (exact) mass is 526 g/mol.